The van der Waals surface area contributed by atoms with Gasteiger partial charge in [0.25, 0.3) is 12.3 Å². The van der Waals surface area contributed by atoms with Gasteiger partial charge in [-0.05, 0) is 29.6 Å². The van der Waals surface area contributed by atoms with Gasteiger partial charge in [0.2, 0.25) is 0 Å². The number of carboxylic acids is 1. The first kappa shape index (κ1) is 17.3. The Morgan fingerprint density at radius 1 is 1.43 bits per heavy atom. The van der Waals surface area contributed by atoms with Crippen LogP contribution in [0.15, 0.2) is 12.1 Å². The topological polar surface area (TPSA) is 122 Å². The first-order valence-electron chi connectivity index (χ1n) is 6.82. The van der Waals surface area contributed by atoms with E-state index < -0.39 is 31.5 Å². The molecule has 0 spiro atoms. The summed E-state index contributed by atoms with van der Waals surface area (Å²) in [5.74, 6) is -1.86. The molecule has 0 saturated heterocycles. The van der Waals surface area contributed by atoms with Crippen molar-refractivity contribution in [2.45, 2.75) is 25.5 Å². The zero-order valence-corrected chi connectivity index (χ0v) is 12.0. The van der Waals surface area contributed by atoms with Crippen molar-refractivity contribution in [2.24, 2.45) is 5.73 Å². The third-order valence-electron chi connectivity index (χ3n) is 3.53. The molecule has 1 amide bonds. The number of amides is 1. The highest BCUT2D eigenvalue weighted by molar-refractivity contribution is 6.61. The lowest BCUT2D eigenvalue weighted by Crippen LogP contribution is -2.36. The lowest BCUT2D eigenvalue weighted by atomic mass is 9.77. The molecule has 1 unspecified atom stereocenters. The van der Waals surface area contributed by atoms with Gasteiger partial charge in [-0.1, -0.05) is 0 Å². The molecule has 0 radical (unpaired) electrons. The monoisotopic (exact) mass is 328 g/mol. The average Bonchev–Trinajstić information content (AvgIpc) is 2.87. The number of alkyl halides is 2. The Kier molecular flexibility index (Phi) is 5.29. The van der Waals surface area contributed by atoms with Crippen molar-refractivity contribution in [1.82, 2.24) is 5.32 Å². The van der Waals surface area contributed by atoms with Crippen LogP contribution in [0.3, 0.4) is 0 Å². The molecule has 1 aromatic rings. The van der Waals surface area contributed by atoms with Crippen LogP contribution >= 0.6 is 0 Å². The summed E-state index contributed by atoms with van der Waals surface area (Å²) in [5, 5.41) is 20.7. The summed E-state index contributed by atoms with van der Waals surface area (Å²) in [7, 11) is -1.35. The molecule has 7 nitrogen and oxygen atoms in total. The van der Waals surface area contributed by atoms with Gasteiger partial charge in [0.1, 0.15) is 6.04 Å². The van der Waals surface area contributed by atoms with E-state index in [-0.39, 0.29) is 41.7 Å². The van der Waals surface area contributed by atoms with Crippen LogP contribution in [0.1, 0.15) is 34.3 Å². The minimum atomic E-state index is -2.81. The molecular weight excluding hydrogens is 313 g/mol. The first-order chi connectivity index (χ1) is 10.8. The second-order valence-corrected chi connectivity index (χ2v) is 5.09. The number of nitrogens with two attached hydrogens (primary N) is 1. The van der Waals surface area contributed by atoms with Gasteiger partial charge < -0.3 is 25.8 Å². The van der Waals surface area contributed by atoms with Gasteiger partial charge >= 0.3 is 13.1 Å². The van der Waals surface area contributed by atoms with Gasteiger partial charge in [0.05, 0.1) is 6.61 Å². The molecule has 0 saturated carbocycles. The lowest BCUT2D eigenvalue weighted by molar-refractivity contribution is -0.138. The van der Waals surface area contributed by atoms with E-state index in [2.05, 4.69) is 5.32 Å². The fraction of sp³-hybridized carbons (Fsp3) is 0.385. The number of benzene rings is 1. The Labute approximate surface area is 130 Å². The molecule has 23 heavy (non-hydrogen) atoms. The van der Waals surface area contributed by atoms with E-state index in [0.29, 0.717) is 0 Å². The molecule has 124 valence electrons. The van der Waals surface area contributed by atoms with Gasteiger partial charge in [-0.2, -0.15) is 0 Å². The fourth-order valence-electron chi connectivity index (χ4n) is 2.25. The highest BCUT2D eigenvalue weighted by Gasteiger charge is 2.32. The number of carboxylic acid groups (broad SMARTS) is 1. The maximum Gasteiger partial charge on any atom is 0.491 e. The molecule has 1 aliphatic heterocycles. The highest BCUT2D eigenvalue weighted by atomic mass is 19.3. The zero-order valence-electron chi connectivity index (χ0n) is 12.0. The maximum absolute atomic E-state index is 13.1. The van der Waals surface area contributed by atoms with E-state index in [1.54, 1.807) is 0 Å². The minimum Gasteiger partial charge on any atom is -0.480 e. The number of hydrogen-bond acceptors (Lipinski definition) is 5. The number of carbonyl (C=O) groups excluding carboxylic acids is 1. The second-order valence-electron chi connectivity index (χ2n) is 5.09. The Balaban J connectivity index is 2.13. The number of aliphatic carboxylic acids is 1. The van der Waals surface area contributed by atoms with Crippen molar-refractivity contribution in [3.8, 4) is 0 Å². The van der Waals surface area contributed by atoms with E-state index in [1.165, 1.54) is 6.07 Å². The molecule has 0 aliphatic carbocycles. The van der Waals surface area contributed by atoms with Crippen molar-refractivity contribution < 1.29 is 33.2 Å². The summed E-state index contributed by atoms with van der Waals surface area (Å²) in [5.41, 5.74) is 5.18. The molecule has 5 N–H and O–H groups in total. The minimum absolute atomic E-state index is 0.000541. The predicted octanol–water partition coefficient (Wildman–Crippen LogP) is -0.626. The number of hydrogen-bond donors (Lipinski definition) is 4. The van der Waals surface area contributed by atoms with Gasteiger partial charge in [-0.3, -0.25) is 9.59 Å². The van der Waals surface area contributed by atoms with Crippen molar-refractivity contribution in [1.29, 1.82) is 0 Å². The molecule has 2 rings (SSSR count). The van der Waals surface area contributed by atoms with E-state index in [0.717, 1.165) is 6.07 Å². The number of rotatable bonds is 6. The molecule has 1 atom stereocenters. The normalized spacial score (nSPS) is 14.7. The molecular formula is C13H15BF2N2O5. The standard InChI is InChI=1S/C13H15BF2N2O5/c15-11(16)7-3-6(4-9-8(7)5-23-14(9)22)12(19)18-2-1-10(17)13(20)21/h3-4,10-11,22H,1-2,5,17H2,(H,18,19)(H,20,21). The molecule has 0 aromatic heterocycles. The van der Waals surface area contributed by atoms with Crippen LogP contribution in [0, 0.1) is 0 Å². The van der Waals surface area contributed by atoms with E-state index in [1.807, 2.05) is 0 Å². The summed E-state index contributed by atoms with van der Waals surface area (Å²) in [6.07, 6.45) is -2.81. The molecule has 1 aliphatic rings. The fourth-order valence-corrected chi connectivity index (χ4v) is 2.25. The lowest BCUT2D eigenvalue weighted by Gasteiger charge is -2.12. The van der Waals surface area contributed by atoms with Crippen LogP contribution in [-0.2, 0) is 16.1 Å². The third kappa shape index (κ3) is 3.84. The van der Waals surface area contributed by atoms with Gasteiger partial charge in [-0.25, -0.2) is 8.78 Å². The quantitative estimate of drug-likeness (QED) is 0.516. The largest absolute Gasteiger partial charge is 0.491 e. The summed E-state index contributed by atoms with van der Waals surface area (Å²) in [4.78, 5) is 22.6. The van der Waals surface area contributed by atoms with E-state index in [9.17, 15) is 23.4 Å². The van der Waals surface area contributed by atoms with E-state index >= 15 is 0 Å². The van der Waals surface area contributed by atoms with Crippen LogP contribution in [0.5, 0.6) is 0 Å². The summed E-state index contributed by atoms with van der Waals surface area (Å²) in [6, 6.07) is 1.20. The molecule has 1 heterocycles. The van der Waals surface area contributed by atoms with Crippen molar-refractivity contribution >= 4 is 24.5 Å². The van der Waals surface area contributed by atoms with Crippen LogP contribution in [0.2, 0.25) is 0 Å². The van der Waals surface area contributed by atoms with Crippen molar-refractivity contribution in [2.75, 3.05) is 6.54 Å². The SMILES string of the molecule is NC(CCNC(=O)c1cc2c(c(C(F)F)c1)COB2O)C(=O)O. The Morgan fingerprint density at radius 3 is 2.74 bits per heavy atom. The van der Waals surface area contributed by atoms with Crippen LogP contribution < -0.4 is 16.5 Å². The summed E-state index contributed by atoms with van der Waals surface area (Å²) >= 11 is 0. The maximum atomic E-state index is 13.1. The smallest absolute Gasteiger partial charge is 0.480 e. The third-order valence-corrected chi connectivity index (χ3v) is 3.53. The summed E-state index contributed by atoms with van der Waals surface area (Å²) < 4.78 is 31.1. The number of fused-ring (bicyclic) bond motifs is 1. The number of halogens is 2. The average molecular weight is 328 g/mol. The van der Waals surface area contributed by atoms with Crippen LogP contribution in [0.25, 0.3) is 0 Å². The second kappa shape index (κ2) is 7.03. The predicted molar refractivity (Wildman–Crippen MR) is 76.4 cm³/mol. The van der Waals surface area contributed by atoms with Crippen molar-refractivity contribution in [3.63, 3.8) is 0 Å². The first-order valence-corrected chi connectivity index (χ1v) is 6.82. The number of nitrogens with one attached hydrogen (secondary N) is 1. The van der Waals surface area contributed by atoms with Gasteiger partial charge in [0.15, 0.2) is 0 Å². The van der Waals surface area contributed by atoms with Crippen LogP contribution in [-0.4, -0.2) is 41.7 Å². The van der Waals surface area contributed by atoms with E-state index in [4.69, 9.17) is 15.5 Å². The Hall–Kier alpha value is -2.04. The summed E-state index contributed by atoms with van der Waals surface area (Å²) in [6.45, 7) is -0.169. The molecule has 10 heteroatoms. The van der Waals surface area contributed by atoms with Crippen molar-refractivity contribution in [3.05, 3.63) is 28.8 Å². The zero-order chi connectivity index (χ0) is 17.1. The van der Waals surface area contributed by atoms with Gasteiger partial charge in [0, 0.05) is 17.7 Å². The molecule has 1 aromatic carbocycles. The number of carbonyl (C=O) groups is 2. The Bertz CT molecular complexity index is 629. The Morgan fingerprint density at radius 2 is 2.13 bits per heavy atom. The molecule has 0 fully saturated rings. The van der Waals surface area contributed by atoms with Gasteiger partial charge in [-0.15, -0.1) is 0 Å². The highest BCUT2D eigenvalue weighted by Crippen LogP contribution is 2.26. The molecule has 0 bridgehead atoms. The van der Waals surface area contributed by atoms with Crippen LogP contribution in [0.4, 0.5) is 8.78 Å².